The predicted molar refractivity (Wildman–Crippen MR) is 41.7 cm³/mol. The van der Waals surface area contributed by atoms with Crippen LogP contribution in [0.15, 0.2) is 0 Å². The molecule has 9 heavy (non-hydrogen) atoms. The molecule has 0 saturated heterocycles. The highest BCUT2D eigenvalue weighted by atomic mass is 32.2. The van der Waals surface area contributed by atoms with E-state index in [4.69, 9.17) is 5.11 Å². The summed E-state index contributed by atoms with van der Waals surface area (Å²) in [4.78, 5) is 0. The molecule has 0 radical (unpaired) electrons. The normalized spacial score (nSPS) is 22.0. The van der Waals surface area contributed by atoms with E-state index in [2.05, 4.69) is 6.92 Å². The van der Waals surface area contributed by atoms with E-state index in [1.54, 1.807) is 0 Å². The van der Waals surface area contributed by atoms with Gasteiger partial charge in [0, 0.05) is 5.25 Å². The Morgan fingerprint density at radius 2 is 2.33 bits per heavy atom. The average molecular weight is 146 g/mol. The van der Waals surface area contributed by atoms with Gasteiger partial charge in [-0.25, -0.2) is 0 Å². The van der Waals surface area contributed by atoms with Crippen LogP contribution in [0.3, 0.4) is 0 Å². The number of hydrogen-bond donors (Lipinski definition) is 1. The van der Waals surface area contributed by atoms with Gasteiger partial charge in [-0.2, -0.15) is 11.8 Å². The first-order valence-electron chi connectivity index (χ1n) is 3.55. The van der Waals surface area contributed by atoms with Crippen molar-refractivity contribution in [3.05, 3.63) is 0 Å². The van der Waals surface area contributed by atoms with Gasteiger partial charge < -0.3 is 5.11 Å². The van der Waals surface area contributed by atoms with Gasteiger partial charge in [0.15, 0.2) is 0 Å². The summed E-state index contributed by atoms with van der Waals surface area (Å²) in [6.45, 7) is 2.41. The van der Waals surface area contributed by atoms with E-state index in [9.17, 15) is 0 Å². The Balaban J connectivity index is 1.90. The number of rotatable bonds is 4. The van der Waals surface area contributed by atoms with Gasteiger partial charge in [-0.15, -0.1) is 0 Å². The lowest BCUT2D eigenvalue weighted by molar-refractivity contribution is 0.300. The molecule has 1 rings (SSSR count). The van der Waals surface area contributed by atoms with Gasteiger partial charge in [-0.3, -0.25) is 0 Å². The second-order valence-corrected chi connectivity index (χ2v) is 4.24. The first kappa shape index (κ1) is 7.42. The van der Waals surface area contributed by atoms with Crippen LogP contribution in [0.5, 0.6) is 0 Å². The highest BCUT2D eigenvalue weighted by molar-refractivity contribution is 7.99. The van der Waals surface area contributed by atoms with Crippen LogP contribution < -0.4 is 0 Å². The van der Waals surface area contributed by atoms with Gasteiger partial charge in [0.2, 0.25) is 0 Å². The van der Waals surface area contributed by atoms with E-state index >= 15 is 0 Å². The van der Waals surface area contributed by atoms with E-state index < -0.39 is 0 Å². The van der Waals surface area contributed by atoms with Crippen LogP contribution in [0.1, 0.15) is 19.8 Å². The maximum absolute atomic E-state index is 8.65. The van der Waals surface area contributed by atoms with Crippen LogP contribution >= 0.6 is 11.8 Å². The van der Waals surface area contributed by atoms with Crippen molar-refractivity contribution < 1.29 is 5.11 Å². The first-order valence-corrected chi connectivity index (χ1v) is 4.60. The summed E-state index contributed by atoms with van der Waals surface area (Å²) in [6, 6.07) is 0. The number of hydrogen-bond acceptors (Lipinski definition) is 2. The number of aliphatic hydroxyl groups excluding tert-OH is 1. The fraction of sp³-hybridized carbons (Fsp3) is 1.00. The van der Waals surface area contributed by atoms with Crippen molar-refractivity contribution in [1.29, 1.82) is 0 Å². The van der Waals surface area contributed by atoms with Crippen molar-refractivity contribution in [3.8, 4) is 0 Å². The molecule has 1 aliphatic rings. The van der Waals surface area contributed by atoms with Crippen molar-refractivity contribution in [2.75, 3.05) is 12.4 Å². The minimum Gasteiger partial charge on any atom is -0.395 e. The monoisotopic (exact) mass is 146 g/mol. The van der Waals surface area contributed by atoms with Crippen molar-refractivity contribution >= 4 is 11.8 Å². The molecule has 0 spiro atoms. The molecule has 54 valence electrons. The molecular weight excluding hydrogens is 132 g/mol. The molecular formula is C7H14OS. The van der Waals surface area contributed by atoms with Crippen LogP contribution in [0.25, 0.3) is 0 Å². The molecule has 1 aliphatic carbocycles. The third-order valence-corrected chi connectivity index (χ3v) is 2.95. The van der Waals surface area contributed by atoms with Crippen molar-refractivity contribution in [1.82, 2.24) is 0 Å². The van der Waals surface area contributed by atoms with E-state index in [-0.39, 0.29) is 0 Å². The van der Waals surface area contributed by atoms with E-state index in [1.165, 1.54) is 18.6 Å². The highest BCUT2D eigenvalue weighted by Crippen LogP contribution is 2.33. The van der Waals surface area contributed by atoms with Gasteiger partial charge >= 0.3 is 0 Å². The quantitative estimate of drug-likeness (QED) is 0.648. The molecule has 0 amide bonds. The standard InChI is InChI=1S/C7H14OS/c1-6(4-8)9-5-7-2-3-7/h6-8H,2-5H2,1H3. The molecule has 1 fully saturated rings. The van der Waals surface area contributed by atoms with Crippen LogP contribution in [-0.2, 0) is 0 Å². The lowest BCUT2D eigenvalue weighted by atomic mass is 10.5. The minimum atomic E-state index is 0.331. The van der Waals surface area contributed by atoms with Crippen LogP contribution in [0.2, 0.25) is 0 Å². The molecule has 1 N–H and O–H groups in total. The smallest absolute Gasteiger partial charge is 0.0547 e. The Kier molecular flexibility index (Phi) is 2.86. The van der Waals surface area contributed by atoms with Gasteiger partial charge in [-0.1, -0.05) is 6.92 Å². The maximum atomic E-state index is 8.65. The Morgan fingerprint density at radius 1 is 1.67 bits per heavy atom. The van der Waals surface area contributed by atoms with E-state index in [1.807, 2.05) is 11.8 Å². The zero-order chi connectivity index (χ0) is 6.69. The largest absolute Gasteiger partial charge is 0.395 e. The summed E-state index contributed by atoms with van der Waals surface area (Å²) in [5, 5.41) is 9.10. The summed E-state index contributed by atoms with van der Waals surface area (Å²) in [6.07, 6.45) is 2.84. The molecule has 2 heteroatoms. The topological polar surface area (TPSA) is 20.2 Å². The molecule has 0 aliphatic heterocycles. The summed E-state index contributed by atoms with van der Waals surface area (Å²) in [7, 11) is 0. The molecule has 1 unspecified atom stereocenters. The fourth-order valence-electron chi connectivity index (χ4n) is 0.638. The fourth-order valence-corrected chi connectivity index (χ4v) is 1.68. The van der Waals surface area contributed by atoms with Gasteiger partial charge in [-0.05, 0) is 24.5 Å². The Labute approximate surface area is 60.8 Å². The second-order valence-electron chi connectivity index (χ2n) is 2.77. The van der Waals surface area contributed by atoms with Crippen LogP contribution in [-0.4, -0.2) is 22.7 Å². The predicted octanol–water partition coefficient (Wildman–Crippen LogP) is 1.51. The second kappa shape index (κ2) is 3.47. The zero-order valence-electron chi connectivity index (χ0n) is 5.84. The van der Waals surface area contributed by atoms with Gasteiger partial charge in [0.1, 0.15) is 0 Å². The Morgan fingerprint density at radius 3 is 2.78 bits per heavy atom. The lowest BCUT2D eigenvalue weighted by Crippen LogP contribution is -2.03. The third kappa shape index (κ3) is 3.11. The molecule has 0 aromatic rings. The zero-order valence-corrected chi connectivity index (χ0v) is 6.66. The molecule has 0 bridgehead atoms. The SMILES string of the molecule is CC(CO)SCC1CC1. The first-order chi connectivity index (χ1) is 4.33. The van der Waals surface area contributed by atoms with E-state index in [0.717, 1.165) is 5.92 Å². The maximum Gasteiger partial charge on any atom is 0.0547 e. The van der Waals surface area contributed by atoms with Crippen molar-refractivity contribution in [2.45, 2.75) is 25.0 Å². The molecule has 0 heterocycles. The average Bonchev–Trinajstić information content (AvgIpc) is 2.65. The van der Waals surface area contributed by atoms with Gasteiger partial charge in [0.05, 0.1) is 6.61 Å². The Hall–Kier alpha value is 0.310. The summed E-state index contributed by atoms with van der Waals surface area (Å²) < 4.78 is 0. The van der Waals surface area contributed by atoms with Gasteiger partial charge in [0.25, 0.3) is 0 Å². The lowest BCUT2D eigenvalue weighted by Gasteiger charge is -2.04. The summed E-state index contributed by atoms with van der Waals surface area (Å²) in [5.41, 5.74) is 0. The van der Waals surface area contributed by atoms with Crippen molar-refractivity contribution in [2.24, 2.45) is 5.92 Å². The number of aliphatic hydroxyl groups is 1. The highest BCUT2D eigenvalue weighted by Gasteiger charge is 2.21. The van der Waals surface area contributed by atoms with Crippen molar-refractivity contribution in [3.63, 3.8) is 0 Å². The van der Waals surface area contributed by atoms with Crippen LogP contribution in [0.4, 0.5) is 0 Å². The number of thioether (sulfide) groups is 1. The third-order valence-electron chi connectivity index (χ3n) is 1.57. The molecule has 1 atom stereocenters. The molecule has 0 aromatic heterocycles. The van der Waals surface area contributed by atoms with Crippen LogP contribution in [0, 0.1) is 5.92 Å². The molecule has 1 saturated carbocycles. The minimum absolute atomic E-state index is 0.331. The Bertz CT molecular complexity index is 81.0. The summed E-state index contributed by atoms with van der Waals surface area (Å²) in [5.74, 6) is 2.26. The molecule has 0 aromatic carbocycles. The summed E-state index contributed by atoms with van der Waals surface area (Å²) >= 11 is 1.90. The molecule has 1 nitrogen and oxygen atoms in total. The van der Waals surface area contributed by atoms with E-state index in [0.29, 0.717) is 11.9 Å².